The first-order valence-corrected chi connectivity index (χ1v) is 7.14. The summed E-state index contributed by atoms with van der Waals surface area (Å²) in [5.41, 5.74) is 1.79. The zero-order valence-corrected chi connectivity index (χ0v) is 11.6. The van der Waals surface area contributed by atoms with Crippen LogP contribution >= 0.6 is 11.3 Å². The normalized spacial score (nSPS) is 10.4. The smallest absolute Gasteiger partial charge is 0.250 e. The van der Waals surface area contributed by atoms with Gasteiger partial charge in [-0.15, -0.1) is 0 Å². The van der Waals surface area contributed by atoms with Gasteiger partial charge in [-0.3, -0.25) is 9.59 Å². The number of pyridine rings is 1. The molecule has 100 valence electrons. The van der Waals surface area contributed by atoms with E-state index in [1.165, 1.54) is 11.6 Å². The van der Waals surface area contributed by atoms with E-state index in [2.05, 4.69) is 5.32 Å². The third-order valence-electron chi connectivity index (χ3n) is 2.83. The van der Waals surface area contributed by atoms with Crippen LogP contribution in [-0.2, 0) is 17.8 Å². The van der Waals surface area contributed by atoms with Crippen LogP contribution in [-0.4, -0.2) is 10.5 Å². The van der Waals surface area contributed by atoms with Gasteiger partial charge in [-0.1, -0.05) is 0 Å². The number of aromatic nitrogens is 1. The van der Waals surface area contributed by atoms with Gasteiger partial charge in [-0.25, -0.2) is 0 Å². The van der Waals surface area contributed by atoms with E-state index in [0.717, 1.165) is 6.42 Å². The molecule has 4 nitrogen and oxygen atoms in total. The van der Waals surface area contributed by atoms with Gasteiger partial charge in [-0.05, 0) is 41.8 Å². The Morgan fingerprint density at radius 2 is 2.21 bits per heavy atom. The highest BCUT2D eigenvalue weighted by molar-refractivity contribution is 7.07. The lowest BCUT2D eigenvalue weighted by Crippen LogP contribution is -2.19. The first-order valence-electron chi connectivity index (χ1n) is 6.20. The van der Waals surface area contributed by atoms with E-state index < -0.39 is 0 Å². The van der Waals surface area contributed by atoms with Crippen molar-refractivity contribution in [3.05, 3.63) is 51.1 Å². The van der Waals surface area contributed by atoms with Crippen molar-refractivity contribution in [2.45, 2.75) is 26.3 Å². The minimum Gasteiger partial charge on any atom is -0.325 e. The van der Waals surface area contributed by atoms with Gasteiger partial charge in [0.15, 0.2) is 0 Å². The number of nitrogens with one attached hydrogen (secondary N) is 1. The van der Waals surface area contributed by atoms with Crippen LogP contribution in [0.15, 0.2) is 40.0 Å². The van der Waals surface area contributed by atoms with Gasteiger partial charge in [0, 0.05) is 25.2 Å². The Morgan fingerprint density at radius 1 is 1.37 bits per heavy atom. The molecule has 2 aromatic rings. The highest BCUT2D eigenvalue weighted by Gasteiger charge is 2.04. The number of amides is 1. The molecular formula is C14H16N2O2S. The lowest BCUT2D eigenvalue weighted by atomic mass is 10.2. The van der Waals surface area contributed by atoms with E-state index in [-0.39, 0.29) is 11.5 Å². The number of carbonyl (C=O) groups excluding carboxylic acids is 1. The molecule has 0 fully saturated rings. The van der Waals surface area contributed by atoms with Crippen LogP contribution < -0.4 is 10.9 Å². The van der Waals surface area contributed by atoms with Crippen LogP contribution in [0, 0.1) is 0 Å². The summed E-state index contributed by atoms with van der Waals surface area (Å²) in [7, 11) is 0. The van der Waals surface area contributed by atoms with Crippen LogP contribution in [0.5, 0.6) is 0 Å². The monoisotopic (exact) mass is 276 g/mol. The molecule has 5 heteroatoms. The van der Waals surface area contributed by atoms with Crippen LogP contribution in [0.4, 0.5) is 5.69 Å². The van der Waals surface area contributed by atoms with Gasteiger partial charge in [-0.2, -0.15) is 11.3 Å². The zero-order chi connectivity index (χ0) is 13.7. The first kappa shape index (κ1) is 13.5. The van der Waals surface area contributed by atoms with Crippen molar-refractivity contribution in [2.24, 2.45) is 0 Å². The molecule has 0 radical (unpaired) electrons. The summed E-state index contributed by atoms with van der Waals surface area (Å²) >= 11 is 1.63. The second-order valence-corrected chi connectivity index (χ2v) is 5.00. The van der Waals surface area contributed by atoms with Gasteiger partial charge in [0.2, 0.25) is 5.91 Å². The Kier molecular flexibility index (Phi) is 4.52. The second kappa shape index (κ2) is 6.33. The standard InChI is InChI=1S/C14H16N2O2S/c1-2-16-9-12(4-6-14(16)18)15-13(17)5-3-11-7-8-19-10-11/h4,6-10H,2-3,5H2,1H3,(H,15,17). The number of thiophene rings is 1. The van der Waals surface area contributed by atoms with Crippen molar-refractivity contribution < 1.29 is 4.79 Å². The number of aryl methyl sites for hydroxylation is 2. The van der Waals surface area contributed by atoms with Crippen LogP contribution in [0.2, 0.25) is 0 Å². The highest BCUT2D eigenvalue weighted by atomic mass is 32.1. The van der Waals surface area contributed by atoms with Crippen molar-refractivity contribution >= 4 is 22.9 Å². The summed E-state index contributed by atoms with van der Waals surface area (Å²) in [5, 5.41) is 6.86. The molecule has 0 aliphatic carbocycles. The van der Waals surface area contributed by atoms with Crippen molar-refractivity contribution in [3.63, 3.8) is 0 Å². The zero-order valence-electron chi connectivity index (χ0n) is 10.8. The van der Waals surface area contributed by atoms with E-state index >= 15 is 0 Å². The molecule has 0 spiro atoms. The van der Waals surface area contributed by atoms with E-state index in [1.807, 2.05) is 23.8 Å². The second-order valence-electron chi connectivity index (χ2n) is 4.22. The summed E-state index contributed by atoms with van der Waals surface area (Å²) in [6.07, 6.45) is 2.86. The summed E-state index contributed by atoms with van der Waals surface area (Å²) in [5.74, 6) is -0.0347. The van der Waals surface area contributed by atoms with E-state index in [1.54, 1.807) is 28.2 Å². The lowest BCUT2D eigenvalue weighted by molar-refractivity contribution is -0.116. The SMILES string of the molecule is CCn1cc(NC(=O)CCc2ccsc2)ccc1=O. The predicted octanol–water partition coefficient (Wildman–Crippen LogP) is 2.50. The lowest BCUT2D eigenvalue weighted by Gasteiger charge is -2.07. The highest BCUT2D eigenvalue weighted by Crippen LogP contribution is 2.10. The van der Waals surface area contributed by atoms with Gasteiger partial charge < -0.3 is 9.88 Å². The number of hydrogen-bond acceptors (Lipinski definition) is 3. The fourth-order valence-corrected chi connectivity index (χ4v) is 2.47. The van der Waals surface area contributed by atoms with Crippen molar-refractivity contribution in [1.29, 1.82) is 0 Å². The fraction of sp³-hybridized carbons (Fsp3) is 0.286. The van der Waals surface area contributed by atoms with E-state index in [4.69, 9.17) is 0 Å². The molecule has 1 amide bonds. The molecule has 0 saturated carbocycles. The maximum Gasteiger partial charge on any atom is 0.250 e. The van der Waals surface area contributed by atoms with Gasteiger partial charge in [0.05, 0.1) is 5.69 Å². The quantitative estimate of drug-likeness (QED) is 0.912. The molecule has 0 aliphatic rings. The molecule has 2 heterocycles. The van der Waals surface area contributed by atoms with Crippen LogP contribution in [0.25, 0.3) is 0 Å². The molecule has 0 aromatic carbocycles. The molecule has 0 saturated heterocycles. The molecule has 0 unspecified atom stereocenters. The summed E-state index contributed by atoms with van der Waals surface area (Å²) in [6.45, 7) is 2.49. The Morgan fingerprint density at radius 3 is 2.89 bits per heavy atom. The van der Waals surface area contributed by atoms with Crippen LogP contribution in [0.1, 0.15) is 18.9 Å². The summed E-state index contributed by atoms with van der Waals surface area (Å²) in [6, 6.07) is 5.13. The van der Waals surface area contributed by atoms with Gasteiger partial charge >= 0.3 is 0 Å². The average Bonchev–Trinajstić information content (AvgIpc) is 2.92. The number of nitrogens with zero attached hydrogens (tertiary/aromatic N) is 1. The fourth-order valence-electron chi connectivity index (χ4n) is 1.77. The van der Waals surface area contributed by atoms with Gasteiger partial charge in [0.25, 0.3) is 5.56 Å². The molecule has 0 atom stereocenters. The minimum atomic E-state index is -0.0567. The third-order valence-corrected chi connectivity index (χ3v) is 3.56. The Labute approximate surface area is 115 Å². The molecule has 1 N–H and O–H groups in total. The summed E-state index contributed by atoms with van der Waals surface area (Å²) in [4.78, 5) is 23.2. The topological polar surface area (TPSA) is 51.1 Å². The van der Waals surface area contributed by atoms with Crippen molar-refractivity contribution in [1.82, 2.24) is 4.57 Å². The molecule has 0 aliphatic heterocycles. The average molecular weight is 276 g/mol. The minimum absolute atomic E-state index is 0.0347. The first-order chi connectivity index (χ1) is 9.19. The number of carbonyl (C=O) groups is 1. The molecule has 19 heavy (non-hydrogen) atoms. The predicted molar refractivity (Wildman–Crippen MR) is 77.6 cm³/mol. The van der Waals surface area contributed by atoms with E-state index in [9.17, 15) is 9.59 Å². The Hall–Kier alpha value is -1.88. The molecular weight excluding hydrogens is 260 g/mol. The maximum atomic E-state index is 11.8. The van der Waals surface area contributed by atoms with Crippen molar-refractivity contribution in [2.75, 3.05) is 5.32 Å². The summed E-state index contributed by atoms with van der Waals surface area (Å²) < 4.78 is 1.56. The third kappa shape index (κ3) is 3.79. The number of hydrogen-bond donors (Lipinski definition) is 1. The van der Waals surface area contributed by atoms with Crippen molar-refractivity contribution in [3.8, 4) is 0 Å². The van der Waals surface area contributed by atoms with Gasteiger partial charge in [0.1, 0.15) is 0 Å². The molecule has 2 aromatic heterocycles. The van der Waals surface area contributed by atoms with E-state index in [0.29, 0.717) is 18.7 Å². The largest absolute Gasteiger partial charge is 0.325 e. The Bertz CT molecular complexity index is 602. The maximum absolute atomic E-state index is 11.8. The van der Waals surface area contributed by atoms with Crippen LogP contribution in [0.3, 0.4) is 0 Å². The number of anilines is 1. The molecule has 2 rings (SSSR count). The number of rotatable bonds is 5. The Balaban J connectivity index is 1.93. The molecule has 0 bridgehead atoms.